The minimum absolute atomic E-state index is 0.385. The molecule has 1 aromatic carbocycles. The highest BCUT2D eigenvalue weighted by Crippen LogP contribution is 2.26. The Balaban J connectivity index is 1.81. The maximum atomic E-state index is 10.2. The molecule has 18 heavy (non-hydrogen) atoms. The molecule has 1 N–H and O–H groups in total. The van der Waals surface area contributed by atoms with Crippen LogP contribution in [0.3, 0.4) is 0 Å². The van der Waals surface area contributed by atoms with Gasteiger partial charge in [0.1, 0.15) is 0 Å². The predicted octanol–water partition coefficient (Wildman–Crippen LogP) is 4.03. The van der Waals surface area contributed by atoms with Gasteiger partial charge >= 0.3 is 0 Å². The number of hydrogen-bond acceptors (Lipinski definition) is 2. The van der Waals surface area contributed by atoms with E-state index >= 15 is 0 Å². The molecule has 2 nitrogen and oxygen atoms in total. The van der Waals surface area contributed by atoms with Crippen molar-refractivity contribution in [2.24, 2.45) is 0 Å². The monoisotopic (exact) mass is 268 g/mol. The summed E-state index contributed by atoms with van der Waals surface area (Å²) in [6.07, 6.45) is 5.26. The molecular weight excluding hydrogens is 248 g/mol. The standard InChI is InChI=1S/C15H21ClO2/c1-11-10-12(16)7-8-14(11)15(17)6-2-4-13-5-3-9-18-13/h7-8,10,13,15,17H,2-6,9H2,1H3. The molecule has 2 unspecified atom stereocenters. The molecule has 2 atom stereocenters. The molecule has 0 amide bonds. The van der Waals surface area contributed by atoms with Crippen molar-refractivity contribution in [3.8, 4) is 0 Å². The molecule has 1 saturated heterocycles. The molecule has 0 aromatic heterocycles. The summed E-state index contributed by atoms with van der Waals surface area (Å²) >= 11 is 5.91. The average Bonchev–Trinajstić information content (AvgIpc) is 2.81. The Morgan fingerprint density at radius 3 is 3.00 bits per heavy atom. The third-order valence-electron chi connectivity index (χ3n) is 3.62. The third kappa shape index (κ3) is 3.71. The lowest BCUT2D eigenvalue weighted by molar-refractivity contribution is 0.0944. The van der Waals surface area contributed by atoms with Crippen molar-refractivity contribution in [3.63, 3.8) is 0 Å². The first kappa shape index (κ1) is 13.9. The normalized spacial score (nSPS) is 21.2. The van der Waals surface area contributed by atoms with Crippen LogP contribution in [0.25, 0.3) is 0 Å². The lowest BCUT2D eigenvalue weighted by Crippen LogP contribution is -2.06. The first-order valence-electron chi connectivity index (χ1n) is 6.72. The van der Waals surface area contributed by atoms with Crippen LogP contribution < -0.4 is 0 Å². The van der Waals surface area contributed by atoms with Gasteiger partial charge in [-0.1, -0.05) is 17.7 Å². The van der Waals surface area contributed by atoms with E-state index < -0.39 is 0 Å². The minimum Gasteiger partial charge on any atom is -0.388 e. The smallest absolute Gasteiger partial charge is 0.0792 e. The van der Waals surface area contributed by atoms with Gasteiger partial charge in [-0.25, -0.2) is 0 Å². The summed E-state index contributed by atoms with van der Waals surface area (Å²) in [5.74, 6) is 0. The van der Waals surface area contributed by atoms with E-state index in [0.29, 0.717) is 6.10 Å². The van der Waals surface area contributed by atoms with E-state index in [9.17, 15) is 5.11 Å². The molecule has 0 saturated carbocycles. The van der Waals surface area contributed by atoms with Crippen LogP contribution >= 0.6 is 11.6 Å². The fourth-order valence-corrected chi connectivity index (χ4v) is 2.81. The van der Waals surface area contributed by atoms with Gasteiger partial charge < -0.3 is 9.84 Å². The van der Waals surface area contributed by atoms with Crippen LogP contribution in [0.15, 0.2) is 18.2 Å². The van der Waals surface area contributed by atoms with Crippen molar-refractivity contribution < 1.29 is 9.84 Å². The Hall–Kier alpha value is -0.570. The maximum absolute atomic E-state index is 10.2. The first-order valence-corrected chi connectivity index (χ1v) is 7.10. The summed E-state index contributed by atoms with van der Waals surface area (Å²) in [6, 6.07) is 5.67. The van der Waals surface area contributed by atoms with Crippen molar-refractivity contribution in [3.05, 3.63) is 34.3 Å². The number of aliphatic hydroxyl groups excluding tert-OH is 1. The highest BCUT2D eigenvalue weighted by atomic mass is 35.5. The molecule has 0 bridgehead atoms. The number of ether oxygens (including phenoxy) is 1. The molecule has 1 aliphatic heterocycles. The molecule has 2 rings (SSSR count). The molecular formula is C15H21ClO2. The number of benzene rings is 1. The maximum Gasteiger partial charge on any atom is 0.0792 e. The van der Waals surface area contributed by atoms with Gasteiger partial charge in [0, 0.05) is 11.6 Å². The van der Waals surface area contributed by atoms with Crippen LogP contribution in [0.5, 0.6) is 0 Å². The Labute approximate surface area is 114 Å². The van der Waals surface area contributed by atoms with Crippen molar-refractivity contribution >= 4 is 11.6 Å². The number of hydrogen-bond donors (Lipinski definition) is 1. The van der Waals surface area contributed by atoms with Crippen LogP contribution in [-0.2, 0) is 4.74 Å². The summed E-state index contributed by atoms with van der Waals surface area (Å²) in [4.78, 5) is 0. The summed E-state index contributed by atoms with van der Waals surface area (Å²) in [7, 11) is 0. The zero-order chi connectivity index (χ0) is 13.0. The Morgan fingerprint density at radius 2 is 2.33 bits per heavy atom. The van der Waals surface area contributed by atoms with E-state index in [1.54, 1.807) is 0 Å². The Bertz CT molecular complexity index is 386. The molecule has 1 heterocycles. The van der Waals surface area contributed by atoms with E-state index in [4.69, 9.17) is 16.3 Å². The first-order chi connectivity index (χ1) is 8.66. The molecule has 100 valence electrons. The molecule has 1 aromatic rings. The molecule has 1 aliphatic rings. The summed E-state index contributed by atoms with van der Waals surface area (Å²) in [6.45, 7) is 2.90. The number of rotatable bonds is 5. The Morgan fingerprint density at radius 1 is 1.50 bits per heavy atom. The van der Waals surface area contributed by atoms with Crippen molar-refractivity contribution in [1.82, 2.24) is 0 Å². The summed E-state index contributed by atoms with van der Waals surface area (Å²) in [5, 5.41) is 10.9. The lowest BCUT2D eigenvalue weighted by atomic mass is 9.98. The zero-order valence-electron chi connectivity index (χ0n) is 10.9. The van der Waals surface area contributed by atoms with E-state index in [2.05, 4.69) is 0 Å². The van der Waals surface area contributed by atoms with Gasteiger partial charge in [0.05, 0.1) is 12.2 Å². The zero-order valence-corrected chi connectivity index (χ0v) is 11.6. The third-order valence-corrected chi connectivity index (χ3v) is 3.85. The number of aryl methyl sites for hydroxylation is 1. The summed E-state index contributed by atoms with van der Waals surface area (Å²) < 4.78 is 5.58. The second kappa shape index (κ2) is 6.55. The van der Waals surface area contributed by atoms with Gasteiger partial charge in [0.25, 0.3) is 0 Å². The van der Waals surface area contributed by atoms with Crippen molar-refractivity contribution in [2.45, 2.75) is 51.2 Å². The van der Waals surface area contributed by atoms with E-state index in [1.807, 2.05) is 25.1 Å². The van der Waals surface area contributed by atoms with Crippen molar-refractivity contribution in [1.29, 1.82) is 0 Å². The van der Waals surface area contributed by atoms with E-state index in [0.717, 1.165) is 42.0 Å². The molecule has 0 spiro atoms. The van der Waals surface area contributed by atoms with Gasteiger partial charge in [-0.3, -0.25) is 0 Å². The van der Waals surface area contributed by atoms with Gasteiger partial charge in [0.2, 0.25) is 0 Å². The highest BCUT2D eigenvalue weighted by molar-refractivity contribution is 6.30. The van der Waals surface area contributed by atoms with Crippen LogP contribution in [0.4, 0.5) is 0 Å². The largest absolute Gasteiger partial charge is 0.388 e. The van der Waals surface area contributed by atoms with Crippen LogP contribution in [0, 0.1) is 6.92 Å². The van der Waals surface area contributed by atoms with Crippen LogP contribution in [-0.4, -0.2) is 17.8 Å². The average molecular weight is 269 g/mol. The highest BCUT2D eigenvalue weighted by Gasteiger charge is 2.16. The van der Waals surface area contributed by atoms with Gasteiger partial charge in [0.15, 0.2) is 0 Å². The topological polar surface area (TPSA) is 29.5 Å². The molecule has 0 aliphatic carbocycles. The quantitative estimate of drug-likeness (QED) is 0.874. The SMILES string of the molecule is Cc1cc(Cl)ccc1C(O)CCCC1CCCO1. The fourth-order valence-electron chi connectivity index (χ4n) is 2.58. The molecule has 0 radical (unpaired) electrons. The van der Waals surface area contributed by atoms with E-state index in [1.165, 1.54) is 12.8 Å². The predicted molar refractivity (Wildman–Crippen MR) is 74.0 cm³/mol. The van der Waals surface area contributed by atoms with Gasteiger partial charge in [-0.05, 0) is 62.3 Å². The Kier molecular flexibility index (Phi) is 5.04. The van der Waals surface area contributed by atoms with Crippen LogP contribution in [0.2, 0.25) is 5.02 Å². The number of halogens is 1. The fraction of sp³-hybridized carbons (Fsp3) is 0.600. The molecule has 3 heteroatoms. The lowest BCUT2D eigenvalue weighted by Gasteiger charge is -2.15. The second-order valence-corrected chi connectivity index (χ2v) is 5.52. The number of aliphatic hydroxyl groups is 1. The molecule has 1 fully saturated rings. The minimum atomic E-state index is -0.385. The van der Waals surface area contributed by atoms with Gasteiger partial charge in [-0.2, -0.15) is 0 Å². The van der Waals surface area contributed by atoms with Crippen LogP contribution in [0.1, 0.15) is 49.3 Å². The second-order valence-electron chi connectivity index (χ2n) is 5.08. The summed E-state index contributed by atoms with van der Waals surface area (Å²) in [5.41, 5.74) is 2.05. The van der Waals surface area contributed by atoms with Gasteiger partial charge in [-0.15, -0.1) is 0 Å². The van der Waals surface area contributed by atoms with Crippen molar-refractivity contribution in [2.75, 3.05) is 6.61 Å². The van der Waals surface area contributed by atoms with E-state index in [-0.39, 0.29) is 6.10 Å².